The summed E-state index contributed by atoms with van der Waals surface area (Å²) >= 11 is 0. The molecule has 1 aromatic rings. The fraction of sp³-hybridized carbons (Fsp3) is 0.588. The third-order valence-corrected chi connectivity index (χ3v) is 3.55. The van der Waals surface area contributed by atoms with Crippen molar-refractivity contribution in [1.29, 1.82) is 0 Å². The summed E-state index contributed by atoms with van der Waals surface area (Å²) in [5, 5.41) is 13.8. The number of rotatable bonds is 5. The van der Waals surface area contributed by atoms with Crippen molar-refractivity contribution in [3.8, 4) is 5.75 Å². The molecule has 1 aliphatic heterocycles. The van der Waals surface area contributed by atoms with Crippen LogP contribution in [0.25, 0.3) is 0 Å². The molecule has 0 aromatic heterocycles. The number of carbonyl (C=O) groups excluding carboxylic acids is 1. The van der Waals surface area contributed by atoms with Gasteiger partial charge in [-0.3, -0.25) is 10.1 Å². The average molecular weight is 352 g/mol. The zero-order valence-electron chi connectivity index (χ0n) is 14.7. The van der Waals surface area contributed by atoms with Crippen molar-refractivity contribution in [2.24, 2.45) is 0 Å². The molecule has 8 heteroatoms. The molecular weight excluding hydrogens is 328 g/mol. The summed E-state index contributed by atoms with van der Waals surface area (Å²) in [5.41, 5.74) is -0.265. The number of benzene rings is 1. The first-order chi connectivity index (χ1) is 11.7. The summed E-state index contributed by atoms with van der Waals surface area (Å²) in [7, 11) is 0. The van der Waals surface area contributed by atoms with Crippen LogP contribution in [0.4, 0.5) is 10.5 Å². The van der Waals surface area contributed by atoms with Gasteiger partial charge in [-0.1, -0.05) is 0 Å². The predicted molar refractivity (Wildman–Crippen MR) is 90.6 cm³/mol. The molecule has 25 heavy (non-hydrogen) atoms. The van der Waals surface area contributed by atoms with Crippen LogP contribution in [0.2, 0.25) is 0 Å². The zero-order chi connectivity index (χ0) is 18.4. The van der Waals surface area contributed by atoms with Crippen molar-refractivity contribution in [2.45, 2.75) is 51.9 Å². The predicted octanol–water partition coefficient (Wildman–Crippen LogP) is 3.18. The summed E-state index contributed by atoms with van der Waals surface area (Å²) in [6.45, 7) is 6.53. The third-order valence-electron chi connectivity index (χ3n) is 3.55. The number of nitro benzene ring substituents is 1. The topological polar surface area (TPSA) is 99.9 Å². The van der Waals surface area contributed by atoms with Crippen molar-refractivity contribution in [3.63, 3.8) is 0 Å². The third kappa shape index (κ3) is 6.22. The van der Waals surface area contributed by atoms with E-state index in [4.69, 9.17) is 14.2 Å². The van der Waals surface area contributed by atoms with Gasteiger partial charge in [0.05, 0.1) is 23.7 Å². The maximum absolute atomic E-state index is 11.8. The molecule has 1 aliphatic rings. The van der Waals surface area contributed by atoms with Crippen molar-refractivity contribution >= 4 is 11.8 Å². The van der Waals surface area contributed by atoms with E-state index >= 15 is 0 Å². The van der Waals surface area contributed by atoms with Gasteiger partial charge in [0.25, 0.3) is 5.69 Å². The van der Waals surface area contributed by atoms with Gasteiger partial charge in [-0.15, -0.1) is 0 Å². The fourth-order valence-electron chi connectivity index (χ4n) is 2.40. The number of amides is 1. The maximum atomic E-state index is 11.8. The highest BCUT2D eigenvalue weighted by Gasteiger charge is 2.21. The van der Waals surface area contributed by atoms with Crippen LogP contribution in [0.5, 0.6) is 5.75 Å². The molecule has 1 saturated heterocycles. The van der Waals surface area contributed by atoms with Crippen LogP contribution < -0.4 is 10.1 Å². The second kappa shape index (κ2) is 8.15. The second-order valence-corrected chi connectivity index (χ2v) is 6.93. The average Bonchev–Trinajstić information content (AvgIpc) is 2.52. The van der Waals surface area contributed by atoms with Crippen molar-refractivity contribution in [1.82, 2.24) is 5.32 Å². The molecule has 0 bridgehead atoms. The van der Waals surface area contributed by atoms with E-state index in [1.165, 1.54) is 6.07 Å². The molecule has 1 heterocycles. The molecule has 0 aliphatic carbocycles. The summed E-state index contributed by atoms with van der Waals surface area (Å²) in [6.07, 6.45) is 0.943. The lowest BCUT2D eigenvalue weighted by molar-refractivity contribution is -0.385. The van der Waals surface area contributed by atoms with Gasteiger partial charge < -0.3 is 19.5 Å². The van der Waals surface area contributed by atoms with Crippen LogP contribution in [0.15, 0.2) is 18.2 Å². The van der Waals surface area contributed by atoms with E-state index < -0.39 is 16.6 Å². The second-order valence-electron chi connectivity index (χ2n) is 6.93. The normalized spacial score (nSPS) is 15.5. The van der Waals surface area contributed by atoms with Crippen LogP contribution in [0, 0.1) is 10.1 Å². The summed E-state index contributed by atoms with van der Waals surface area (Å²) in [6, 6.07) is 4.49. The summed E-state index contributed by atoms with van der Waals surface area (Å²) in [4.78, 5) is 22.5. The Balaban J connectivity index is 2.06. The highest BCUT2D eigenvalue weighted by molar-refractivity contribution is 5.68. The lowest BCUT2D eigenvalue weighted by Crippen LogP contribution is -2.40. The van der Waals surface area contributed by atoms with Crippen LogP contribution in [0.3, 0.4) is 0 Å². The number of hydrogen-bond donors (Lipinski definition) is 1. The van der Waals surface area contributed by atoms with E-state index in [0.29, 0.717) is 24.5 Å². The van der Waals surface area contributed by atoms with Crippen molar-refractivity contribution in [3.05, 3.63) is 33.9 Å². The van der Waals surface area contributed by atoms with Gasteiger partial charge in [-0.2, -0.15) is 0 Å². The molecule has 1 fully saturated rings. The van der Waals surface area contributed by atoms with E-state index in [9.17, 15) is 14.9 Å². The Kier molecular flexibility index (Phi) is 6.19. The number of alkyl carbamates (subject to hydrolysis) is 1. The lowest BCUT2D eigenvalue weighted by Gasteiger charge is -2.23. The molecule has 0 radical (unpaired) electrons. The molecule has 0 saturated carbocycles. The first-order valence-corrected chi connectivity index (χ1v) is 8.21. The van der Waals surface area contributed by atoms with Crippen LogP contribution in [0.1, 0.15) is 39.2 Å². The minimum Gasteiger partial charge on any atom is -0.490 e. The number of nitrogens with one attached hydrogen (secondary N) is 1. The van der Waals surface area contributed by atoms with Crippen LogP contribution in [-0.2, 0) is 16.1 Å². The number of carbonyl (C=O) groups is 1. The number of hydrogen-bond acceptors (Lipinski definition) is 6. The van der Waals surface area contributed by atoms with Gasteiger partial charge in [0.2, 0.25) is 0 Å². The smallest absolute Gasteiger partial charge is 0.407 e. The fourth-order valence-corrected chi connectivity index (χ4v) is 2.40. The van der Waals surface area contributed by atoms with E-state index in [-0.39, 0.29) is 18.4 Å². The van der Waals surface area contributed by atoms with Crippen molar-refractivity contribution < 1.29 is 23.9 Å². The molecule has 138 valence electrons. The Morgan fingerprint density at radius 2 is 2.04 bits per heavy atom. The molecule has 0 unspecified atom stereocenters. The first-order valence-electron chi connectivity index (χ1n) is 8.21. The van der Waals surface area contributed by atoms with Gasteiger partial charge in [-0.25, -0.2) is 4.79 Å². The SMILES string of the molecule is CC(C)(C)NC(=O)OCc1cc(OC2CCOCC2)ccc1[N+](=O)[O-]. The van der Waals surface area contributed by atoms with E-state index in [1.54, 1.807) is 12.1 Å². The first kappa shape index (κ1) is 19.0. The van der Waals surface area contributed by atoms with Gasteiger partial charge >= 0.3 is 6.09 Å². The highest BCUT2D eigenvalue weighted by Crippen LogP contribution is 2.27. The van der Waals surface area contributed by atoms with Crippen LogP contribution in [-0.4, -0.2) is 35.9 Å². The number of ether oxygens (including phenoxy) is 3. The Hall–Kier alpha value is -2.35. The Morgan fingerprint density at radius 1 is 1.36 bits per heavy atom. The molecule has 8 nitrogen and oxygen atoms in total. The van der Waals surface area contributed by atoms with E-state index in [0.717, 1.165) is 12.8 Å². The molecule has 1 amide bonds. The van der Waals surface area contributed by atoms with Gasteiger partial charge in [0.15, 0.2) is 0 Å². The number of nitrogens with zero attached hydrogens (tertiary/aromatic N) is 1. The maximum Gasteiger partial charge on any atom is 0.407 e. The lowest BCUT2D eigenvalue weighted by atomic mass is 10.1. The van der Waals surface area contributed by atoms with E-state index in [2.05, 4.69) is 5.32 Å². The molecular formula is C17H24N2O6. The minimum absolute atomic E-state index is 0.0214. The largest absolute Gasteiger partial charge is 0.490 e. The van der Waals surface area contributed by atoms with E-state index in [1.807, 2.05) is 20.8 Å². The molecule has 1 aromatic carbocycles. The van der Waals surface area contributed by atoms with Gasteiger partial charge in [0.1, 0.15) is 18.5 Å². The monoisotopic (exact) mass is 352 g/mol. The molecule has 1 N–H and O–H groups in total. The Labute approximate surface area is 146 Å². The zero-order valence-corrected chi connectivity index (χ0v) is 14.7. The minimum atomic E-state index is -0.627. The highest BCUT2D eigenvalue weighted by atomic mass is 16.6. The number of nitro groups is 1. The van der Waals surface area contributed by atoms with Gasteiger partial charge in [0, 0.05) is 24.4 Å². The van der Waals surface area contributed by atoms with Crippen LogP contribution >= 0.6 is 0 Å². The Bertz CT molecular complexity index is 620. The molecule has 0 atom stereocenters. The quantitative estimate of drug-likeness (QED) is 0.645. The van der Waals surface area contributed by atoms with Crippen molar-refractivity contribution in [2.75, 3.05) is 13.2 Å². The molecule has 0 spiro atoms. The van der Waals surface area contributed by atoms with Gasteiger partial charge in [-0.05, 0) is 32.9 Å². The molecule has 2 rings (SSSR count). The summed E-state index contributed by atoms with van der Waals surface area (Å²) in [5.74, 6) is 0.521. The Morgan fingerprint density at radius 3 is 2.64 bits per heavy atom. The standard InChI is InChI=1S/C17H24N2O6/c1-17(2,3)18-16(20)24-11-12-10-14(4-5-15(12)19(21)22)25-13-6-8-23-9-7-13/h4-5,10,13H,6-9,11H2,1-3H3,(H,18,20). The summed E-state index contributed by atoms with van der Waals surface area (Å²) < 4.78 is 16.3.